The van der Waals surface area contributed by atoms with E-state index in [4.69, 9.17) is 4.74 Å². The minimum atomic E-state index is -0.447. The quantitative estimate of drug-likeness (QED) is 0.851. The smallest absolute Gasteiger partial charge is 0.341 e. The largest absolute Gasteiger partial charge is 0.462 e. The van der Waals surface area contributed by atoms with Gasteiger partial charge >= 0.3 is 5.97 Å². The lowest BCUT2D eigenvalue weighted by Crippen LogP contribution is -2.03. The molecule has 5 nitrogen and oxygen atoms in total. The van der Waals surface area contributed by atoms with Crippen LogP contribution in [-0.4, -0.2) is 27.5 Å². The van der Waals surface area contributed by atoms with Gasteiger partial charge < -0.3 is 9.84 Å². The van der Waals surface area contributed by atoms with Gasteiger partial charge in [0.2, 0.25) is 0 Å². The Morgan fingerprint density at radius 2 is 2.05 bits per heavy atom. The number of benzene rings is 1. The molecular weight excluding hydrogens is 256 g/mol. The van der Waals surface area contributed by atoms with E-state index in [-0.39, 0.29) is 5.97 Å². The van der Waals surface area contributed by atoms with Gasteiger partial charge in [0.05, 0.1) is 30.2 Å². The second-order valence-corrected chi connectivity index (χ2v) is 4.41. The number of ether oxygens (including phenoxy) is 1. The first-order valence-corrected chi connectivity index (χ1v) is 6.65. The van der Waals surface area contributed by atoms with Gasteiger partial charge in [-0.05, 0) is 31.0 Å². The van der Waals surface area contributed by atoms with E-state index < -0.39 is 6.10 Å². The van der Waals surface area contributed by atoms with E-state index in [2.05, 4.69) is 5.10 Å². The van der Waals surface area contributed by atoms with E-state index >= 15 is 0 Å². The van der Waals surface area contributed by atoms with Crippen molar-refractivity contribution >= 4 is 5.97 Å². The lowest BCUT2D eigenvalue weighted by Gasteiger charge is -2.08. The molecular formula is C15H18N2O3. The average molecular weight is 274 g/mol. The lowest BCUT2D eigenvalue weighted by molar-refractivity contribution is 0.0526. The zero-order chi connectivity index (χ0) is 14.5. The summed E-state index contributed by atoms with van der Waals surface area (Å²) in [7, 11) is 0. The van der Waals surface area contributed by atoms with Crippen LogP contribution in [0.4, 0.5) is 0 Å². The molecule has 0 bridgehead atoms. The fourth-order valence-corrected chi connectivity index (χ4v) is 1.87. The molecule has 0 spiro atoms. The molecule has 1 aromatic carbocycles. The second-order valence-electron chi connectivity index (χ2n) is 4.41. The van der Waals surface area contributed by atoms with Crippen LogP contribution in [0.15, 0.2) is 36.7 Å². The van der Waals surface area contributed by atoms with Gasteiger partial charge in [-0.2, -0.15) is 5.10 Å². The summed E-state index contributed by atoms with van der Waals surface area (Å²) >= 11 is 0. The van der Waals surface area contributed by atoms with E-state index in [0.29, 0.717) is 18.6 Å². The molecule has 2 rings (SSSR count). The molecule has 0 amide bonds. The monoisotopic (exact) mass is 274 g/mol. The highest BCUT2D eigenvalue weighted by atomic mass is 16.5. The van der Waals surface area contributed by atoms with E-state index in [1.165, 1.54) is 6.20 Å². The maximum atomic E-state index is 11.6. The van der Waals surface area contributed by atoms with Gasteiger partial charge in [0.1, 0.15) is 0 Å². The first kappa shape index (κ1) is 14.3. The summed E-state index contributed by atoms with van der Waals surface area (Å²) in [5.41, 5.74) is 2.12. The van der Waals surface area contributed by atoms with E-state index in [9.17, 15) is 9.90 Å². The van der Waals surface area contributed by atoms with Crippen LogP contribution in [0.1, 0.15) is 42.3 Å². The molecule has 1 N–H and O–H groups in total. The normalized spacial score (nSPS) is 12.2. The highest BCUT2D eigenvalue weighted by Crippen LogP contribution is 2.18. The summed E-state index contributed by atoms with van der Waals surface area (Å²) in [4.78, 5) is 11.6. The number of nitrogens with zero attached hydrogens (tertiary/aromatic N) is 2. The van der Waals surface area contributed by atoms with Gasteiger partial charge in [0.15, 0.2) is 0 Å². The Kier molecular flexibility index (Phi) is 4.53. The fraction of sp³-hybridized carbons (Fsp3) is 0.333. The molecule has 1 heterocycles. The summed E-state index contributed by atoms with van der Waals surface area (Å²) in [5, 5.41) is 13.9. The zero-order valence-corrected chi connectivity index (χ0v) is 11.6. The number of aliphatic hydroxyl groups is 1. The third kappa shape index (κ3) is 3.05. The van der Waals surface area contributed by atoms with Crippen molar-refractivity contribution < 1.29 is 14.6 Å². The van der Waals surface area contributed by atoms with Crippen molar-refractivity contribution in [1.82, 2.24) is 9.78 Å². The minimum Gasteiger partial charge on any atom is -0.462 e. The van der Waals surface area contributed by atoms with E-state index in [1.54, 1.807) is 17.8 Å². The number of hydrogen-bond donors (Lipinski definition) is 1. The van der Waals surface area contributed by atoms with Crippen LogP contribution in [0.25, 0.3) is 5.69 Å². The topological polar surface area (TPSA) is 64.3 Å². The van der Waals surface area contributed by atoms with Gasteiger partial charge in [0, 0.05) is 6.20 Å². The Morgan fingerprint density at radius 3 is 2.65 bits per heavy atom. The number of carbonyl (C=O) groups excluding carboxylic acids is 1. The van der Waals surface area contributed by atoms with Crippen molar-refractivity contribution in [3.8, 4) is 5.69 Å². The summed E-state index contributed by atoms with van der Waals surface area (Å²) in [6.45, 7) is 4.03. The molecule has 0 aliphatic rings. The predicted octanol–water partition coefficient (Wildman–Crippen LogP) is 2.49. The predicted molar refractivity (Wildman–Crippen MR) is 74.8 cm³/mol. The Labute approximate surface area is 117 Å². The number of carbonyl (C=O) groups is 1. The maximum Gasteiger partial charge on any atom is 0.341 e. The zero-order valence-electron chi connectivity index (χ0n) is 11.6. The molecule has 1 atom stereocenters. The molecule has 20 heavy (non-hydrogen) atoms. The van der Waals surface area contributed by atoms with Gasteiger partial charge in [-0.3, -0.25) is 0 Å². The van der Waals surface area contributed by atoms with Crippen molar-refractivity contribution in [2.45, 2.75) is 26.4 Å². The van der Waals surface area contributed by atoms with Crippen molar-refractivity contribution in [2.75, 3.05) is 6.61 Å². The highest BCUT2D eigenvalue weighted by molar-refractivity contribution is 5.88. The average Bonchev–Trinajstić information content (AvgIpc) is 2.97. The van der Waals surface area contributed by atoms with Gasteiger partial charge in [-0.1, -0.05) is 19.1 Å². The molecule has 0 fully saturated rings. The van der Waals surface area contributed by atoms with Crippen LogP contribution < -0.4 is 0 Å². The van der Waals surface area contributed by atoms with Crippen LogP contribution in [-0.2, 0) is 4.74 Å². The standard InChI is InChI=1S/C15H18N2O3/c1-3-14(18)11-5-7-13(8-6-11)17-10-12(9-16-17)15(19)20-4-2/h5-10,14,18H,3-4H2,1-2H3/t14-/m0/s1. The molecule has 0 aliphatic carbocycles. The first-order chi connectivity index (χ1) is 9.65. The van der Waals surface area contributed by atoms with Crippen LogP contribution in [0.5, 0.6) is 0 Å². The van der Waals surface area contributed by atoms with E-state index in [0.717, 1.165) is 11.3 Å². The number of aromatic nitrogens is 2. The van der Waals surface area contributed by atoms with Gasteiger partial charge in [-0.15, -0.1) is 0 Å². The molecule has 0 aliphatic heterocycles. The molecule has 2 aromatic rings. The molecule has 5 heteroatoms. The maximum absolute atomic E-state index is 11.6. The van der Waals surface area contributed by atoms with E-state index in [1.807, 2.05) is 31.2 Å². The number of rotatable bonds is 5. The lowest BCUT2D eigenvalue weighted by atomic mass is 10.1. The Morgan fingerprint density at radius 1 is 1.35 bits per heavy atom. The molecule has 0 saturated heterocycles. The van der Waals surface area contributed by atoms with Crippen molar-refractivity contribution in [2.24, 2.45) is 0 Å². The molecule has 106 valence electrons. The molecule has 0 unspecified atom stereocenters. The summed E-state index contributed by atoms with van der Waals surface area (Å²) in [6, 6.07) is 7.43. The third-order valence-electron chi connectivity index (χ3n) is 3.02. The summed E-state index contributed by atoms with van der Waals surface area (Å²) < 4.78 is 6.52. The highest BCUT2D eigenvalue weighted by Gasteiger charge is 2.10. The summed E-state index contributed by atoms with van der Waals surface area (Å²) in [5.74, 6) is -0.378. The number of esters is 1. The first-order valence-electron chi connectivity index (χ1n) is 6.65. The number of hydrogen-bond acceptors (Lipinski definition) is 4. The third-order valence-corrected chi connectivity index (χ3v) is 3.02. The molecule has 0 radical (unpaired) electrons. The van der Waals surface area contributed by atoms with Crippen LogP contribution >= 0.6 is 0 Å². The Bertz CT molecular complexity index is 575. The fourth-order valence-electron chi connectivity index (χ4n) is 1.87. The Hall–Kier alpha value is -2.14. The number of aliphatic hydroxyl groups excluding tert-OH is 1. The Balaban J connectivity index is 2.18. The summed E-state index contributed by atoms with van der Waals surface area (Å²) in [6.07, 6.45) is 3.33. The van der Waals surface area contributed by atoms with Crippen molar-refractivity contribution in [3.63, 3.8) is 0 Å². The van der Waals surface area contributed by atoms with Gasteiger partial charge in [0.25, 0.3) is 0 Å². The minimum absolute atomic E-state index is 0.341. The second kappa shape index (κ2) is 6.34. The van der Waals surface area contributed by atoms with Crippen LogP contribution in [0, 0.1) is 0 Å². The van der Waals surface area contributed by atoms with Crippen LogP contribution in [0.2, 0.25) is 0 Å². The molecule has 1 aromatic heterocycles. The SMILES string of the molecule is CCOC(=O)c1cnn(-c2ccc([C@@H](O)CC)cc2)c1. The van der Waals surface area contributed by atoms with Crippen molar-refractivity contribution in [3.05, 3.63) is 47.8 Å². The van der Waals surface area contributed by atoms with Crippen molar-refractivity contribution in [1.29, 1.82) is 0 Å². The van der Waals surface area contributed by atoms with Gasteiger partial charge in [-0.25, -0.2) is 9.48 Å². The molecule has 0 saturated carbocycles. The van der Waals surface area contributed by atoms with Crippen LogP contribution in [0.3, 0.4) is 0 Å².